The van der Waals surface area contributed by atoms with E-state index in [1.165, 1.54) is 10.9 Å². The standard InChI is InChI=1S/C23H22N4O4S/c1-14-7-9-15(10-8-14)19-20-22(32-26-19)23(29)27(13-25-20)12-18(28)24-11-16-5-4-6-17(30-2)21(16)31-3/h4-10,13H,11-12H2,1-3H3,(H,24,28). The summed E-state index contributed by atoms with van der Waals surface area (Å²) < 4.78 is 16.8. The lowest BCUT2D eigenvalue weighted by Gasteiger charge is -2.13. The van der Waals surface area contributed by atoms with E-state index in [4.69, 9.17) is 9.47 Å². The zero-order chi connectivity index (χ0) is 22.7. The normalized spacial score (nSPS) is 10.8. The van der Waals surface area contributed by atoms with Crippen LogP contribution in [-0.2, 0) is 17.9 Å². The van der Waals surface area contributed by atoms with E-state index in [9.17, 15) is 9.59 Å². The molecule has 4 rings (SSSR count). The molecule has 2 heterocycles. The molecule has 2 aromatic heterocycles. The number of methoxy groups -OCH3 is 2. The number of carbonyl (C=O) groups excluding carboxylic acids is 1. The maximum Gasteiger partial charge on any atom is 0.273 e. The Hall–Kier alpha value is -3.72. The summed E-state index contributed by atoms with van der Waals surface area (Å²) in [6.07, 6.45) is 1.39. The molecule has 0 saturated carbocycles. The van der Waals surface area contributed by atoms with Gasteiger partial charge in [0, 0.05) is 17.7 Å². The van der Waals surface area contributed by atoms with Crippen LogP contribution in [-0.4, -0.2) is 34.1 Å². The van der Waals surface area contributed by atoms with Crippen molar-refractivity contribution in [1.29, 1.82) is 0 Å². The third-order valence-corrected chi connectivity index (χ3v) is 5.87. The van der Waals surface area contributed by atoms with Crippen LogP contribution in [0.4, 0.5) is 0 Å². The summed E-state index contributed by atoms with van der Waals surface area (Å²) in [4.78, 5) is 29.8. The Morgan fingerprint density at radius 2 is 1.91 bits per heavy atom. The van der Waals surface area contributed by atoms with Gasteiger partial charge in [-0.05, 0) is 24.5 Å². The first-order chi connectivity index (χ1) is 15.5. The van der Waals surface area contributed by atoms with E-state index >= 15 is 0 Å². The third kappa shape index (κ3) is 4.19. The summed E-state index contributed by atoms with van der Waals surface area (Å²) in [5.41, 5.74) is 3.73. The van der Waals surface area contributed by atoms with Gasteiger partial charge in [0.2, 0.25) is 5.91 Å². The van der Waals surface area contributed by atoms with Crippen molar-refractivity contribution in [2.75, 3.05) is 14.2 Å². The van der Waals surface area contributed by atoms with Crippen molar-refractivity contribution in [3.05, 3.63) is 70.3 Å². The molecule has 2 aromatic carbocycles. The number of aromatic nitrogens is 3. The smallest absolute Gasteiger partial charge is 0.273 e. The predicted octanol–water partition coefficient (Wildman–Crippen LogP) is 3.16. The Morgan fingerprint density at radius 1 is 1.12 bits per heavy atom. The Labute approximate surface area is 188 Å². The number of nitrogens with one attached hydrogen (secondary N) is 1. The molecule has 0 fully saturated rings. The number of amides is 1. The fourth-order valence-electron chi connectivity index (χ4n) is 3.37. The van der Waals surface area contributed by atoms with Crippen LogP contribution >= 0.6 is 11.5 Å². The molecule has 9 heteroatoms. The first kappa shape index (κ1) is 21.5. The summed E-state index contributed by atoms with van der Waals surface area (Å²) in [5.74, 6) is 0.824. The van der Waals surface area contributed by atoms with Crippen molar-refractivity contribution in [3.8, 4) is 22.8 Å². The van der Waals surface area contributed by atoms with Gasteiger partial charge in [-0.25, -0.2) is 4.98 Å². The molecule has 0 saturated heterocycles. The van der Waals surface area contributed by atoms with Gasteiger partial charge in [0.1, 0.15) is 22.5 Å². The summed E-state index contributed by atoms with van der Waals surface area (Å²) in [6.45, 7) is 2.10. The second-order valence-electron chi connectivity index (χ2n) is 7.18. The molecule has 0 aliphatic heterocycles. The number of aryl methyl sites for hydroxylation is 1. The van der Waals surface area contributed by atoms with E-state index < -0.39 is 0 Å². The maximum atomic E-state index is 12.9. The third-order valence-electron chi connectivity index (χ3n) is 5.05. The molecule has 8 nitrogen and oxygen atoms in total. The first-order valence-electron chi connectivity index (χ1n) is 9.90. The number of carbonyl (C=O) groups is 1. The highest BCUT2D eigenvalue weighted by atomic mass is 32.1. The number of hydrogen-bond acceptors (Lipinski definition) is 7. The molecule has 1 amide bonds. The lowest BCUT2D eigenvalue weighted by molar-refractivity contribution is -0.121. The van der Waals surface area contributed by atoms with Gasteiger partial charge in [0.25, 0.3) is 5.56 Å². The highest BCUT2D eigenvalue weighted by Crippen LogP contribution is 2.30. The van der Waals surface area contributed by atoms with Crippen molar-refractivity contribution >= 4 is 27.7 Å². The number of ether oxygens (including phenoxy) is 2. The van der Waals surface area contributed by atoms with Gasteiger partial charge in [-0.3, -0.25) is 14.2 Å². The molecule has 164 valence electrons. The Morgan fingerprint density at radius 3 is 2.62 bits per heavy atom. The van der Waals surface area contributed by atoms with Crippen LogP contribution < -0.4 is 20.3 Å². The van der Waals surface area contributed by atoms with Crippen molar-refractivity contribution < 1.29 is 14.3 Å². The number of nitrogens with zero attached hydrogens (tertiary/aromatic N) is 3. The van der Waals surface area contributed by atoms with Crippen LogP contribution in [0.25, 0.3) is 21.5 Å². The van der Waals surface area contributed by atoms with E-state index in [2.05, 4.69) is 14.7 Å². The Bertz CT molecular complexity index is 1330. The maximum absolute atomic E-state index is 12.9. The number of para-hydroxylation sites is 1. The molecule has 0 spiro atoms. The van der Waals surface area contributed by atoms with Crippen LogP contribution in [0.3, 0.4) is 0 Å². The second kappa shape index (κ2) is 9.19. The summed E-state index contributed by atoms with van der Waals surface area (Å²) in [5, 5.41) is 2.81. The molecule has 0 bridgehead atoms. The zero-order valence-electron chi connectivity index (χ0n) is 17.9. The van der Waals surface area contributed by atoms with Gasteiger partial charge in [-0.15, -0.1) is 0 Å². The van der Waals surface area contributed by atoms with E-state index in [-0.39, 0.29) is 24.6 Å². The SMILES string of the molecule is COc1cccc(CNC(=O)Cn2cnc3c(-c4ccc(C)cc4)nsc3c2=O)c1OC. The van der Waals surface area contributed by atoms with Crippen molar-refractivity contribution in [2.45, 2.75) is 20.0 Å². The van der Waals surface area contributed by atoms with Crippen LogP contribution in [0.5, 0.6) is 11.5 Å². The fourth-order valence-corrected chi connectivity index (χ4v) is 4.17. The highest BCUT2D eigenvalue weighted by Gasteiger charge is 2.16. The summed E-state index contributed by atoms with van der Waals surface area (Å²) >= 11 is 1.09. The number of hydrogen-bond donors (Lipinski definition) is 1. The molecular weight excluding hydrogens is 428 g/mol. The minimum Gasteiger partial charge on any atom is -0.493 e. The molecule has 0 unspecified atom stereocenters. The number of rotatable bonds is 7. The average Bonchev–Trinajstić information content (AvgIpc) is 3.24. The van der Waals surface area contributed by atoms with Gasteiger partial charge in [-0.2, -0.15) is 4.37 Å². The lowest BCUT2D eigenvalue weighted by Crippen LogP contribution is -2.32. The minimum atomic E-state index is -0.318. The zero-order valence-corrected chi connectivity index (χ0v) is 18.7. The molecular formula is C23H22N4O4S. The Kier molecular flexibility index (Phi) is 6.18. The summed E-state index contributed by atoms with van der Waals surface area (Å²) in [7, 11) is 3.10. The van der Waals surface area contributed by atoms with Crippen LogP contribution in [0.1, 0.15) is 11.1 Å². The van der Waals surface area contributed by atoms with Crippen LogP contribution in [0.2, 0.25) is 0 Å². The van der Waals surface area contributed by atoms with Crippen molar-refractivity contribution in [2.24, 2.45) is 0 Å². The fraction of sp³-hybridized carbons (Fsp3) is 0.217. The predicted molar refractivity (Wildman–Crippen MR) is 123 cm³/mol. The van der Waals surface area contributed by atoms with E-state index in [0.29, 0.717) is 27.4 Å². The van der Waals surface area contributed by atoms with Gasteiger partial charge >= 0.3 is 0 Å². The quantitative estimate of drug-likeness (QED) is 0.465. The average molecular weight is 451 g/mol. The van der Waals surface area contributed by atoms with E-state index in [1.807, 2.05) is 43.3 Å². The highest BCUT2D eigenvalue weighted by molar-refractivity contribution is 7.13. The van der Waals surface area contributed by atoms with E-state index in [0.717, 1.165) is 28.2 Å². The molecule has 0 aliphatic rings. The minimum absolute atomic E-state index is 0.147. The number of benzene rings is 2. The Balaban J connectivity index is 1.51. The molecule has 1 N–H and O–H groups in total. The number of fused-ring (bicyclic) bond motifs is 1. The monoisotopic (exact) mass is 450 g/mol. The van der Waals surface area contributed by atoms with Gasteiger partial charge < -0.3 is 14.8 Å². The molecule has 0 atom stereocenters. The summed E-state index contributed by atoms with van der Waals surface area (Å²) in [6, 6.07) is 13.3. The van der Waals surface area contributed by atoms with Crippen LogP contribution in [0.15, 0.2) is 53.6 Å². The lowest BCUT2D eigenvalue weighted by atomic mass is 10.1. The van der Waals surface area contributed by atoms with Crippen molar-refractivity contribution in [1.82, 2.24) is 19.2 Å². The second-order valence-corrected chi connectivity index (χ2v) is 7.96. The molecule has 4 aromatic rings. The molecule has 32 heavy (non-hydrogen) atoms. The van der Waals surface area contributed by atoms with Crippen LogP contribution in [0, 0.1) is 6.92 Å². The first-order valence-corrected chi connectivity index (χ1v) is 10.7. The van der Waals surface area contributed by atoms with E-state index in [1.54, 1.807) is 20.3 Å². The van der Waals surface area contributed by atoms with Gasteiger partial charge in [0.15, 0.2) is 11.5 Å². The van der Waals surface area contributed by atoms with Gasteiger partial charge in [-0.1, -0.05) is 42.0 Å². The molecule has 0 aliphatic carbocycles. The largest absolute Gasteiger partial charge is 0.493 e. The topological polar surface area (TPSA) is 95.3 Å². The van der Waals surface area contributed by atoms with Crippen molar-refractivity contribution in [3.63, 3.8) is 0 Å². The molecule has 0 radical (unpaired) electrons. The van der Waals surface area contributed by atoms with Gasteiger partial charge in [0.05, 0.1) is 20.5 Å².